The molecule has 0 atom stereocenters. The Hall–Kier alpha value is -1.50. The molecule has 0 saturated heterocycles. The Morgan fingerprint density at radius 2 is 2.06 bits per heavy atom. The fourth-order valence-corrected chi connectivity index (χ4v) is 1.88. The summed E-state index contributed by atoms with van der Waals surface area (Å²) in [5, 5.41) is 0. The lowest BCUT2D eigenvalue weighted by molar-refractivity contribution is 0.240. The van der Waals surface area contributed by atoms with Crippen molar-refractivity contribution in [2.75, 3.05) is 0 Å². The maximum Gasteiger partial charge on any atom is 0.123 e. The largest absolute Gasteiger partial charge is 0.491 e. The SMILES string of the molecule is CC(C)Oc1ccccc1CC1=CCC=C1. The lowest BCUT2D eigenvalue weighted by Gasteiger charge is -2.14. The Kier molecular flexibility index (Phi) is 3.45. The van der Waals surface area contributed by atoms with E-state index in [9.17, 15) is 0 Å². The van der Waals surface area contributed by atoms with Crippen LogP contribution in [0.3, 0.4) is 0 Å². The first-order valence-corrected chi connectivity index (χ1v) is 5.86. The molecule has 1 aliphatic rings. The van der Waals surface area contributed by atoms with Crippen LogP contribution in [0.25, 0.3) is 0 Å². The molecule has 0 amide bonds. The molecule has 0 saturated carbocycles. The summed E-state index contributed by atoms with van der Waals surface area (Å²) < 4.78 is 5.80. The van der Waals surface area contributed by atoms with Crippen molar-refractivity contribution in [3.8, 4) is 5.75 Å². The summed E-state index contributed by atoms with van der Waals surface area (Å²) in [5.74, 6) is 1.01. The Morgan fingerprint density at radius 1 is 1.25 bits per heavy atom. The second-order valence-corrected chi connectivity index (χ2v) is 4.37. The molecule has 1 aromatic rings. The van der Waals surface area contributed by atoms with Crippen molar-refractivity contribution in [2.24, 2.45) is 0 Å². The molecule has 0 unspecified atom stereocenters. The molecule has 16 heavy (non-hydrogen) atoms. The average molecular weight is 214 g/mol. The van der Waals surface area contributed by atoms with Gasteiger partial charge in [0.1, 0.15) is 5.75 Å². The molecule has 1 nitrogen and oxygen atoms in total. The highest BCUT2D eigenvalue weighted by atomic mass is 16.5. The van der Waals surface area contributed by atoms with Crippen LogP contribution in [0.1, 0.15) is 25.8 Å². The van der Waals surface area contributed by atoms with Crippen molar-refractivity contribution in [2.45, 2.75) is 32.8 Å². The van der Waals surface area contributed by atoms with Crippen molar-refractivity contribution in [3.05, 3.63) is 53.6 Å². The van der Waals surface area contributed by atoms with E-state index in [0.29, 0.717) is 0 Å². The van der Waals surface area contributed by atoms with Crippen LogP contribution >= 0.6 is 0 Å². The van der Waals surface area contributed by atoms with Gasteiger partial charge < -0.3 is 4.74 Å². The quantitative estimate of drug-likeness (QED) is 0.738. The first-order valence-electron chi connectivity index (χ1n) is 5.86. The molecule has 0 aliphatic heterocycles. The van der Waals surface area contributed by atoms with E-state index < -0.39 is 0 Å². The molecule has 0 radical (unpaired) electrons. The van der Waals surface area contributed by atoms with Gasteiger partial charge in [-0.2, -0.15) is 0 Å². The third-order valence-electron chi connectivity index (χ3n) is 2.58. The Bertz CT molecular complexity index is 413. The molecule has 1 aliphatic carbocycles. The van der Waals surface area contributed by atoms with Crippen molar-refractivity contribution in [1.29, 1.82) is 0 Å². The van der Waals surface area contributed by atoms with Crippen molar-refractivity contribution >= 4 is 0 Å². The third kappa shape index (κ3) is 2.75. The Balaban J connectivity index is 2.15. The Morgan fingerprint density at radius 3 is 2.75 bits per heavy atom. The van der Waals surface area contributed by atoms with Crippen LogP contribution in [0.5, 0.6) is 5.75 Å². The van der Waals surface area contributed by atoms with Crippen molar-refractivity contribution < 1.29 is 4.74 Å². The van der Waals surface area contributed by atoms with Crippen LogP contribution in [0.15, 0.2) is 48.1 Å². The van der Waals surface area contributed by atoms with Crippen molar-refractivity contribution in [3.63, 3.8) is 0 Å². The number of ether oxygens (including phenoxy) is 1. The molecule has 0 fully saturated rings. The van der Waals surface area contributed by atoms with Gasteiger partial charge in [0.2, 0.25) is 0 Å². The first kappa shape index (κ1) is 11.0. The number of hydrogen-bond donors (Lipinski definition) is 0. The highest BCUT2D eigenvalue weighted by Gasteiger charge is 2.07. The molecule has 84 valence electrons. The summed E-state index contributed by atoms with van der Waals surface area (Å²) >= 11 is 0. The summed E-state index contributed by atoms with van der Waals surface area (Å²) in [7, 11) is 0. The van der Waals surface area contributed by atoms with E-state index in [1.54, 1.807) is 0 Å². The number of para-hydroxylation sites is 1. The predicted molar refractivity (Wildman–Crippen MR) is 67.8 cm³/mol. The molecular weight excluding hydrogens is 196 g/mol. The van der Waals surface area contributed by atoms with Crippen LogP contribution in [-0.4, -0.2) is 6.10 Å². The fraction of sp³-hybridized carbons (Fsp3) is 0.333. The van der Waals surface area contributed by atoms with Gasteiger partial charge in [0.05, 0.1) is 6.10 Å². The summed E-state index contributed by atoms with van der Waals surface area (Å²) in [4.78, 5) is 0. The smallest absolute Gasteiger partial charge is 0.123 e. The fourth-order valence-electron chi connectivity index (χ4n) is 1.88. The van der Waals surface area contributed by atoms with Gasteiger partial charge in [-0.05, 0) is 37.5 Å². The molecule has 0 heterocycles. The minimum absolute atomic E-state index is 0.231. The third-order valence-corrected chi connectivity index (χ3v) is 2.58. The second kappa shape index (κ2) is 5.02. The van der Waals surface area contributed by atoms with Gasteiger partial charge in [0, 0.05) is 6.42 Å². The minimum atomic E-state index is 0.231. The summed E-state index contributed by atoms with van der Waals surface area (Å²) in [5.41, 5.74) is 2.66. The zero-order chi connectivity index (χ0) is 11.4. The highest BCUT2D eigenvalue weighted by Crippen LogP contribution is 2.24. The van der Waals surface area contributed by atoms with Gasteiger partial charge in [-0.1, -0.05) is 36.4 Å². The van der Waals surface area contributed by atoms with E-state index in [0.717, 1.165) is 18.6 Å². The van der Waals surface area contributed by atoms with Crippen LogP contribution in [0.2, 0.25) is 0 Å². The van der Waals surface area contributed by atoms with Gasteiger partial charge in [-0.3, -0.25) is 0 Å². The lowest BCUT2D eigenvalue weighted by Crippen LogP contribution is -2.07. The number of hydrogen-bond acceptors (Lipinski definition) is 1. The van der Waals surface area contributed by atoms with E-state index >= 15 is 0 Å². The summed E-state index contributed by atoms with van der Waals surface area (Å²) in [6.07, 6.45) is 8.94. The zero-order valence-electron chi connectivity index (χ0n) is 9.94. The Labute approximate surface area is 97.4 Å². The van der Waals surface area contributed by atoms with Gasteiger partial charge >= 0.3 is 0 Å². The van der Waals surface area contributed by atoms with Crippen LogP contribution in [-0.2, 0) is 6.42 Å². The minimum Gasteiger partial charge on any atom is -0.491 e. The zero-order valence-corrected chi connectivity index (χ0v) is 9.94. The van der Waals surface area contributed by atoms with E-state index in [2.05, 4.69) is 50.3 Å². The molecule has 0 bridgehead atoms. The first-order chi connectivity index (χ1) is 7.75. The second-order valence-electron chi connectivity index (χ2n) is 4.37. The maximum absolute atomic E-state index is 5.80. The molecule has 1 heteroatoms. The van der Waals surface area contributed by atoms with Gasteiger partial charge in [-0.15, -0.1) is 0 Å². The van der Waals surface area contributed by atoms with Crippen molar-refractivity contribution in [1.82, 2.24) is 0 Å². The van der Waals surface area contributed by atoms with Crippen LogP contribution in [0.4, 0.5) is 0 Å². The van der Waals surface area contributed by atoms with E-state index in [1.807, 2.05) is 6.07 Å². The molecule has 1 aromatic carbocycles. The number of benzene rings is 1. The molecule has 0 aromatic heterocycles. The topological polar surface area (TPSA) is 9.23 Å². The molecule has 2 rings (SSSR count). The van der Waals surface area contributed by atoms with Crippen LogP contribution < -0.4 is 4.74 Å². The van der Waals surface area contributed by atoms with Gasteiger partial charge in [0.25, 0.3) is 0 Å². The lowest BCUT2D eigenvalue weighted by atomic mass is 10.1. The van der Waals surface area contributed by atoms with Crippen LogP contribution in [0, 0.1) is 0 Å². The maximum atomic E-state index is 5.80. The normalized spacial score (nSPS) is 14.3. The number of rotatable bonds is 4. The molecule has 0 N–H and O–H groups in total. The van der Waals surface area contributed by atoms with E-state index in [-0.39, 0.29) is 6.10 Å². The van der Waals surface area contributed by atoms with Gasteiger partial charge in [0.15, 0.2) is 0 Å². The van der Waals surface area contributed by atoms with E-state index in [4.69, 9.17) is 4.74 Å². The summed E-state index contributed by atoms with van der Waals surface area (Å²) in [6, 6.07) is 8.29. The molecule has 0 spiro atoms. The highest BCUT2D eigenvalue weighted by molar-refractivity contribution is 5.40. The van der Waals surface area contributed by atoms with Gasteiger partial charge in [-0.25, -0.2) is 0 Å². The standard InChI is InChI=1S/C15H18O/c1-12(2)16-15-10-6-5-9-14(15)11-13-7-3-4-8-13/h3,5-10,12H,4,11H2,1-2H3. The van der Waals surface area contributed by atoms with E-state index in [1.165, 1.54) is 11.1 Å². The monoisotopic (exact) mass is 214 g/mol. The molecular formula is C15H18O. The summed E-state index contributed by atoms with van der Waals surface area (Å²) in [6.45, 7) is 4.12. The number of allylic oxidation sites excluding steroid dienone is 4. The average Bonchev–Trinajstić information content (AvgIpc) is 2.73. The predicted octanol–water partition coefficient (Wildman–Crippen LogP) is 3.90.